The molecule has 0 heterocycles. The van der Waals surface area contributed by atoms with Gasteiger partial charge in [0.25, 0.3) is 0 Å². The lowest BCUT2D eigenvalue weighted by Gasteiger charge is -2.23. The maximum Gasteiger partial charge on any atom is 0.209 e. The molecule has 0 atom stereocenters. The largest absolute Gasteiger partial charge is 0.345 e. The average molecular weight is 296 g/mol. The van der Waals surface area contributed by atoms with Crippen molar-refractivity contribution in [3.05, 3.63) is 23.9 Å². The fraction of sp³-hybridized carbons (Fsp3) is 0.706. The van der Waals surface area contributed by atoms with Crippen LogP contribution < -0.4 is 0 Å². The highest BCUT2D eigenvalue weighted by molar-refractivity contribution is 6.83. The Bertz CT molecular complexity index is 305. The molecule has 0 saturated carbocycles. The summed E-state index contributed by atoms with van der Waals surface area (Å²) in [5.74, 6) is 0. The van der Waals surface area contributed by atoms with Crippen LogP contribution in [0.2, 0.25) is 19.6 Å². The standard InChI is InChI=1S/C17H33NOSi/c1-6-8-10-12-17(20(3,4)5)13-11-15-18(16-19)14-9-7-2/h7,12,16H,2,6,8-11,13-15H2,1,3-5H3. The number of nitrogens with zero attached hydrogens (tertiary/aromatic N) is 1. The summed E-state index contributed by atoms with van der Waals surface area (Å²) in [6.45, 7) is 14.9. The molecule has 2 nitrogen and oxygen atoms in total. The molecular weight excluding hydrogens is 262 g/mol. The van der Waals surface area contributed by atoms with Crippen LogP contribution in [0, 0.1) is 0 Å². The van der Waals surface area contributed by atoms with E-state index in [1.807, 2.05) is 11.0 Å². The van der Waals surface area contributed by atoms with Gasteiger partial charge in [-0.15, -0.1) is 6.58 Å². The van der Waals surface area contributed by atoms with Crippen LogP contribution in [0.4, 0.5) is 0 Å². The zero-order valence-electron chi connectivity index (χ0n) is 14.0. The second-order valence-corrected chi connectivity index (χ2v) is 11.6. The fourth-order valence-electron chi connectivity index (χ4n) is 2.21. The van der Waals surface area contributed by atoms with Gasteiger partial charge < -0.3 is 4.90 Å². The monoisotopic (exact) mass is 295 g/mol. The second-order valence-electron chi connectivity index (χ2n) is 6.44. The van der Waals surface area contributed by atoms with Gasteiger partial charge >= 0.3 is 0 Å². The molecule has 0 aliphatic rings. The molecule has 0 aliphatic heterocycles. The van der Waals surface area contributed by atoms with Crippen molar-refractivity contribution in [1.82, 2.24) is 4.90 Å². The molecule has 0 unspecified atom stereocenters. The van der Waals surface area contributed by atoms with E-state index >= 15 is 0 Å². The highest BCUT2D eigenvalue weighted by Gasteiger charge is 2.18. The van der Waals surface area contributed by atoms with Gasteiger partial charge in [-0.1, -0.05) is 56.8 Å². The van der Waals surface area contributed by atoms with E-state index in [9.17, 15) is 4.79 Å². The summed E-state index contributed by atoms with van der Waals surface area (Å²) in [6, 6.07) is 0. The van der Waals surface area contributed by atoms with Crippen molar-refractivity contribution in [2.24, 2.45) is 0 Å². The molecule has 116 valence electrons. The Morgan fingerprint density at radius 2 is 1.85 bits per heavy atom. The van der Waals surface area contributed by atoms with Gasteiger partial charge in [-0.3, -0.25) is 4.79 Å². The first-order valence-electron chi connectivity index (χ1n) is 7.95. The van der Waals surface area contributed by atoms with Crippen LogP contribution in [-0.2, 0) is 4.79 Å². The first kappa shape index (κ1) is 19.2. The minimum absolute atomic E-state index is 0.800. The van der Waals surface area contributed by atoms with Crippen LogP contribution >= 0.6 is 0 Å². The molecule has 3 heteroatoms. The zero-order valence-corrected chi connectivity index (χ0v) is 15.0. The number of unbranched alkanes of at least 4 members (excludes halogenated alkanes) is 2. The summed E-state index contributed by atoms with van der Waals surface area (Å²) in [5, 5.41) is 1.67. The van der Waals surface area contributed by atoms with Gasteiger partial charge in [-0.2, -0.15) is 0 Å². The van der Waals surface area contributed by atoms with Crippen molar-refractivity contribution >= 4 is 14.5 Å². The Labute approximate surface area is 127 Å². The summed E-state index contributed by atoms with van der Waals surface area (Å²) in [5.41, 5.74) is 0. The quantitative estimate of drug-likeness (QED) is 0.219. The molecule has 1 amide bonds. The third-order valence-electron chi connectivity index (χ3n) is 3.57. The van der Waals surface area contributed by atoms with E-state index in [-0.39, 0.29) is 0 Å². The molecule has 0 aliphatic carbocycles. The molecule has 0 spiro atoms. The third kappa shape index (κ3) is 9.13. The van der Waals surface area contributed by atoms with Gasteiger partial charge in [0.15, 0.2) is 0 Å². The van der Waals surface area contributed by atoms with E-state index in [1.54, 1.807) is 5.20 Å². The van der Waals surface area contributed by atoms with E-state index in [0.717, 1.165) is 38.8 Å². The Morgan fingerprint density at radius 1 is 1.15 bits per heavy atom. The van der Waals surface area contributed by atoms with Gasteiger partial charge in [-0.25, -0.2) is 0 Å². The van der Waals surface area contributed by atoms with Crippen molar-refractivity contribution in [2.45, 2.75) is 65.1 Å². The first-order chi connectivity index (χ1) is 9.45. The number of rotatable bonds is 12. The van der Waals surface area contributed by atoms with Crippen LogP contribution in [0.1, 0.15) is 45.4 Å². The van der Waals surface area contributed by atoms with E-state index in [0.29, 0.717) is 0 Å². The Morgan fingerprint density at radius 3 is 2.35 bits per heavy atom. The molecule has 0 aromatic heterocycles. The van der Waals surface area contributed by atoms with Crippen molar-refractivity contribution in [1.29, 1.82) is 0 Å². The van der Waals surface area contributed by atoms with Gasteiger partial charge in [0.2, 0.25) is 6.41 Å². The molecule has 0 N–H and O–H groups in total. The summed E-state index contributed by atoms with van der Waals surface area (Å²) in [6.07, 6.45) is 12.2. The summed E-state index contributed by atoms with van der Waals surface area (Å²) < 4.78 is 0. The average Bonchev–Trinajstić information content (AvgIpc) is 2.39. The maximum atomic E-state index is 11.0. The zero-order chi connectivity index (χ0) is 15.4. The Kier molecular flexibility index (Phi) is 10.4. The summed E-state index contributed by atoms with van der Waals surface area (Å²) >= 11 is 0. The highest BCUT2D eigenvalue weighted by Crippen LogP contribution is 2.21. The Hall–Kier alpha value is -0.833. The highest BCUT2D eigenvalue weighted by atomic mass is 28.3. The molecule has 0 fully saturated rings. The molecule has 0 bridgehead atoms. The van der Waals surface area contributed by atoms with E-state index in [4.69, 9.17) is 0 Å². The SMILES string of the molecule is C=CCCN(C=O)CCCC(=CCCCC)[Si](C)(C)C. The predicted octanol–water partition coefficient (Wildman–Crippen LogP) is 4.80. The summed E-state index contributed by atoms with van der Waals surface area (Å²) in [4.78, 5) is 12.9. The topological polar surface area (TPSA) is 20.3 Å². The number of hydrogen-bond acceptors (Lipinski definition) is 1. The first-order valence-corrected chi connectivity index (χ1v) is 11.5. The van der Waals surface area contributed by atoms with Crippen LogP contribution in [-0.4, -0.2) is 32.5 Å². The minimum Gasteiger partial charge on any atom is -0.345 e. The number of allylic oxidation sites excluding steroid dienone is 2. The smallest absolute Gasteiger partial charge is 0.209 e. The lowest BCUT2D eigenvalue weighted by Crippen LogP contribution is -2.27. The van der Waals surface area contributed by atoms with Gasteiger partial charge in [0, 0.05) is 13.1 Å². The lowest BCUT2D eigenvalue weighted by molar-refractivity contribution is -0.118. The van der Waals surface area contributed by atoms with Gasteiger partial charge in [0.05, 0.1) is 8.07 Å². The molecule has 0 radical (unpaired) electrons. The number of amides is 1. The lowest BCUT2D eigenvalue weighted by atomic mass is 10.2. The van der Waals surface area contributed by atoms with Crippen LogP contribution in [0.3, 0.4) is 0 Å². The van der Waals surface area contributed by atoms with Crippen LogP contribution in [0.25, 0.3) is 0 Å². The van der Waals surface area contributed by atoms with E-state index in [2.05, 4.69) is 39.2 Å². The van der Waals surface area contributed by atoms with Crippen LogP contribution in [0.15, 0.2) is 23.9 Å². The van der Waals surface area contributed by atoms with Gasteiger partial charge in [-0.05, 0) is 25.7 Å². The fourth-order valence-corrected chi connectivity index (χ4v) is 3.89. The molecule has 20 heavy (non-hydrogen) atoms. The van der Waals surface area contributed by atoms with E-state index < -0.39 is 8.07 Å². The number of carbonyl (C=O) groups excluding carboxylic acids is 1. The predicted molar refractivity (Wildman–Crippen MR) is 92.6 cm³/mol. The van der Waals surface area contributed by atoms with Crippen molar-refractivity contribution in [3.63, 3.8) is 0 Å². The maximum absolute atomic E-state index is 11.0. The number of carbonyl (C=O) groups is 1. The van der Waals surface area contributed by atoms with Crippen molar-refractivity contribution in [2.75, 3.05) is 13.1 Å². The molecule has 0 aromatic rings. The summed E-state index contributed by atoms with van der Waals surface area (Å²) in [7, 11) is -1.21. The Balaban J connectivity index is 4.28. The molecule has 0 saturated heterocycles. The number of hydrogen-bond donors (Lipinski definition) is 0. The normalized spacial score (nSPS) is 12.3. The minimum atomic E-state index is -1.21. The molecular formula is C17H33NOSi. The van der Waals surface area contributed by atoms with Crippen molar-refractivity contribution in [3.8, 4) is 0 Å². The van der Waals surface area contributed by atoms with Gasteiger partial charge in [0.1, 0.15) is 0 Å². The van der Waals surface area contributed by atoms with E-state index in [1.165, 1.54) is 19.3 Å². The van der Waals surface area contributed by atoms with Crippen molar-refractivity contribution < 1.29 is 4.79 Å². The third-order valence-corrected chi connectivity index (χ3v) is 5.95. The second kappa shape index (κ2) is 10.9. The molecule has 0 rings (SSSR count). The molecule has 0 aromatic carbocycles. The van der Waals surface area contributed by atoms with Crippen LogP contribution in [0.5, 0.6) is 0 Å².